The molecule has 1 aliphatic rings. The summed E-state index contributed by atoms with van der Waals surface area (Å²) in [7, 11) is 0. The van der Waals surface area contributed by atoms with Crippen molar-refractivity contribution in [1.82, 2.24) is 0 Å². The molecule has 0 spiro atoms. The minimum absolute atomic E-state index is 0.0205. The summed E-state index contributed by atoms with van der Waals surface area (Å²) < 4.78 is 11.5. The standard InChI is InChI=1S/C19H28O3/c1-3-5-13-21-16-10-8-9-15(14-16)17-11-6-7-12-18(17)22-19(20)4-2/h8-10,14,17-18H,3-7,11-13H2,1-2H3/t17-,18+/m0/s1. The minimum Gasteiger partial charge on any atom is -0.494 e. The first-order valence-corrected chi connectivity index (χ1v) is 8.66. The molecular formula is C19H28O3. The van der Waals surface area contributed by atoms with E-state index in [4.69, 9.17) is 9.47 Å². The van der Waals surface area contributed by atoms with Gasteiger partial charge in [-0.3, -0.25) is 4.79 Å². The highest BCUT2D eigenvalue weighted by Gasteiger charge is 2.29. The average molecular weight is 304 g/mol. The molecule has 0 saturated heterocycles. The number of ether oxygens (including phenoxy) is 2. The fourth-order valence-electron chi connectivity index (χ4n) is 3.04. The molecule has 2 atom stereocenters. The lowest BCUT2D eigenvalue weighted by molar-refractivity contribution is -0.151. The molecule has 2 rings (SSSR count). The molecule has 1 aliphatic carbocycles. The van der Waals surface area contributed by atoms with Crippen LogP contribution >= 0.6 is 0 Å². The van der Waals surface area contributed by atoms with E-state index in [1.165, 1.54) is 12.0 Å². The lowest BCUT2D eigenvalue weighted by atomic mass is 9.81. The molecule has 1 aromatic rings. The molecule has 0 radical (unpaired) electrons. The van der Waals surface area contributed by atoms with E-state index < -0.39 is 0 Å². The third kappa shape index (κ3) is 4.75. The first-order valence-electron chi connectivity index (χ1n) is 8.66. The average Bonchev–Trinajstić information content (AvgIpc) is 2.56. The first kappa shape index (κ1) is 16.9. The molecule has 0 N–H and O–H groups in total. The van der Waals surface area contributed by atoms with E-state index in [-0.39, 0.29) is 12.1 Å². The van der Waals surface area contributed by atoms with Gasteiger partial charge < -0.3 is 9.47 Å². The molecule has 1 aromatic carbocycles. The van der Waals surface area contributed by atoms with Crippen molar-refractivity contribution in [3.05, 3.63) is 29.8 Å². The van der Waals surface area contributed by atoms with Crippen molar-refractivity contribution in [2.75, 3.05) is 6.61 Å². The van der Waals surface area contributed by atoms with Crippen molar-refractivity contribution < 1.29 is 14.3 Å². The van der Waals surface area contributed by atoms with Crippen LogP contribution < -0.4 is 4.74 Å². The highest BCUT2D eigenvalue weighted by Crippen LogP contribution is 2.36. The van der Waals surface area contributed by atoms with Gasteiger partial charge in [0.05, 0.1) is 6.61 Å². The maximum absolute atomic E-state index is 11.7. The lowest BCUT2D eigenvalue weighted by Gasteiger charge is -2.31. The summed E-state index contributed by atoms with van der Waals surface area (Å²) in [6, 6.07) is 8.31. The predicted octanol–water partition coefficient (Wildman–Crippen LogP) is 4.84. The Labute approximate surface area is 134 Å². The molecule has 0 bridgehead atoms. The van der Waals surface area contributed by atoms with Gasteiger partial charge in [0.2, 0.25) is 0 Å². The molecule has 0 unspecified atom stereocenters. The molecule has 0 aromatic heterocycles. The zero-order valence-electron chi connectivity index (χ0n) is 13.8. The third-order valence-corrected chi connectivity index (χ3v) is 4.33. The van der Waals surface area contributed by atoms with Crippen molar-refractivity contribution in [2.24, 2.45) is 0 Å². The topological polar surface area (TPSA) is 35.5 Å². The normalized spacial score (nSPS) is 21.4. The molecule has 0 amide bonds. The van der Waals surface area contributed by atoms with Crippen molar-refractivity contribution in [1.29, 1.82) is 0 Å². The minimum atomic E-state index is -0.0905. The third-order valence-electron chi connectivity index (χ3n) is 4.33. The monoisotopic (exact) mass is 304 g/mol. The number of hydrogen-bond acceptors (Lipinski definition) is 3. The summed E-state index contributed by atoms with van der Waals surface area (Å²) >= 11 is 0. The van der Waals surface area contributed by atoms with Crippen LogP contribution in [0.4, 0.5) is 0 Å². The van der Waals surface area contributed by atoms with Gasteiger partial charge in [0.1, 0.15) is 11.9 Å². The number of hydrogen-bond donors (Lipinski definition) is 0. The van der Waals surface area contributed by atoms with Crippen LogP contribution in [0.3, 0.4) is 0 Å². The highest BCUT2D eigenvalue weighted by atomic mass is 16.5. The van der Waals surface area contributed by atoms with Gasteiger partial charge in [0.15, 0.2) is 0 Å². The fraction of sp³-hybridized carbons (Fsp3) is 0.632. The highest BCUT2D eigenvalue weighted by molar-refractivity contribution is 5.69. The number of rotatable bonds is 7. The maximum atomic E-state index is 11.7. The largest absolute Gasteiger partial charge is 0.494 e. The second-order valence-corrected chi connectivity index (χ2v) is 6.05. The Morgan fingerprint density at radius 1 is 1.23 bits per heavy atom. The van der Waals surface area contributed by atoms with Crippen molar-refractivity contribution in [3.63, 3.8) is 0 Å². The molecule has 22 heavy (non-hydrogen) atoms. The van der Waals surface area contributed by atoms with Gasteiger partial charge in [-0.05, 0) is 43.4 Å². The Morgan fingerprint density at radius 3 is 2.82 bits per heavy atom. The number of carbonyl (C=O) groups is 1. The Balaban J connectivity index is 2.06. The zero-order valence-corrected chi connectivity index (χ0v) is 13.8. The van der Waals surface area contributed by atoms with E-state index in [1.54, 1.807) is 0 Å². The molecule has 1 fully saturated rings. The van der Waals surface area contributed by atoms with Gasteiger partial charge in [-0.25, -0.2) is 0 Å². The molecule has 0 heterocycles. The molecule has 122 valence electrons. The van der Waals surface area contributed by atoms with Crippen LogP contribution in [-0.4, -0.2) is 18.7 Å². The van der Waals surface area contributed by atoms with Crippen LogP contribution in [0.1, 0.15) is 70.3 Å². The van der Waals surface area contributed by atoms with Gasteiger partial charge in [-0.15, -0.1) is 0 Å². The molecule has 3 nitrogen and oxygen atoms in total. The van der Waals surface area contributed by atoms with E-state index >= 15 is 0 Å². The maximum Gasteiger partial charge on any atom is 0.305 e. The van der Waals surface area contributed by atoms with Gasteiger partial charge in [-0.1, -0.05) is 38.8 Å². The van der Waals surface area contributed by atoms with Crippen molar-refractivity contribution in [2.45, 2.75) is 70.8 Å². The summed E-state index contributed by atoms with van der Waals surface area (Å²) in [5, 5.41) is 0. The summed E-state index contributed by atoms with van der Waals surface area (Å²) in [6.45, 7) is 4.77. The van der Waals surface area contributed by atoms with E-state index in [2.05, 4.69) is 19.1 Å². The lowest BCUT2D eigenvalue weighted by Crippen LogP contribution is -2.28. The van der Waals surface area contributed by atoms with Crippen LogP contribution in [-0.2, 0) is 9.53 Å². The van der Waals surface area contributed by atoms with E-state index in [0.29, 0.717) is 12.3 Å². The Bertz CT molecular complexity index is 470. The van der Waals surface area contributed by atoms with Crippen LogP contribution in [0.2, 0.25) is 0 Å². The van der Waals surface area contributed by atoms with Crippen LogP contribution in [0.15, 0.2) is 24.3 Å². The molecule has 1 saturated carbocycles. The summed E-state index contributed by atoms with van der Waals surface area (Å²) in [5.74, 6) is 1.14. The fourth-order valence-corrected chi connectivity index (χ4v) is 3.04. The smallest absolute Gasteiger partial charge is 0.305 e. The summed E-state index contributed by atoms with van der Waals surface area (Å²) in [5.41, 5.74) is 1.24. The number of benzene rings is 1. The summed E-state index contributed by atoms with van der Waals surface area (Å²) in [4.78, 5) is 11.7. The van der Waals surface area contributed by atoms with Crippen LogP contribution in [0.25, 0.3) is 0 Å². The van der Waals surface area contributed by atoms with Gasteiger partial charge >= 0.3 is 5.97 Å². The predicted molar refractivity (Wildman–Crippen MR) is 88.2 cm³/mol. The van der Waals surface area contributed by atoms with Crippen LogP contribution in [0, 0.1) is 0 Å². The first-order chi connectivity index (χ1) is 10.7. The van der Waals surface area contributed by atoms with Gasteiger partial charge in [0.25, 0.3) is 0 Å². The summed E-state index contributed by atoms with van der Waals surface area (Å²) in [6.07, 6.45) is 7.08. The Hall–Kier alpha value is -1.51. The number of esters is 1. The number of unbranched alkanes of at least 4 members (excludes halogenated alkanes) is 1. The van der Waals surface area contributed by atoms with Crippen molar-refractivity contribution >= 4 is 5.97 Å². The Morgan fingerprint density at radius 2 is 2.05 bits per heavy atom. The molecule has 3 heteroatoms. The second-order valence-electron chi connectivity index (χ2n) is 6.05. The Kier molecular flexibility index (Phi) is 6.75. The van der Waals surface area contributed by atoms with E-state index in [0.717, 1.165) is 44.5 Å². The van der Waals surface area contributed by atoms with Crippen molar-refractivity contribution in [3.8, 4) is 5.75 Å². The molecule has 0 aliphatic heterocycles. The van der Waals surface area contributed by atoms with E-state index in [9.17, 15) is 4.79 Å². The second kappa shape index (κ2) is 8.82. The molecular weight excluding hydrogens is 276 g/mol. The zero-order chi connectivity index (χ0) is 15.8. The van der Waals surface area contributed by atoms with Crippen LogP contribution in [0.5, 0.6) is 5.75 Å². The van der Waals surface area contributed by atoms with Gasteiger partial charge in [-0.2, -0.15) is 0 Å². The number of carbonyl (C=O) groups excluding carboxylic acids is 1. The van der Waals surface area contributed by atoms with E-state index in [1.807, 2.05) is 19.1 Å². The van der Waals surface area contributed by atoms with Gasteiger partial charge in [0, 0.05) is 12.3 Å². The SMILES string of the molecule is CCCCOc1cccc([C@@H]2CCCC[C@H]2OC(=O)CC)c1. The quantitative estimate of drug-likeness (QED) is 0.534.